The molecule has 2 aromatic carbocycles. The maximum Gasteiger partial charge on any atom is 0.257 e. The number of rotatable bonds is 2. The molecule has 0 bridgehead atoms. The van der Waals surface area contributed by atoms with Gasteiger partial charge >= 0.3 is 0 Å². The van der Waals surface area contributed by atoms with Crippen molar-refractivity contribution in [3.63, 3.8) is 0 Å². The predicted octanol–water partition coefficient (Wildman–Crippen LogP) is 3.84. The Balaban J connectivity index is 1.73. The molecule has 5 heteroatoms. The Labute approximate surface area is 145 Å². The SMILES string of the molecule is CN1C(=O)c2ccccc2N(C)[C@H]1c1ccn(-c2ccc(F)cc2)c1. The third kappa shape index (κ3) is 2.48. The van der Waals surface area contributed by atoms with E-state index in [-0.39, 0.29) is 17.9 Å². The van der Waals surface area contributed by atoms with Crippen molar-refractivity contribution in [1.29, 1.82) is 0 Å². The summed E-state index contributed by atoms with van der Waals surface area (Å²) >= 11 is 0. The second kappa shape index (κ2) is 5.77. The summed E-state index contributed by atoms with van der Waals surface area (Å²) < 4.78 is 15.1. The van der Waals surface area contributed by atoms with E-state index in [1.54, 1.807) is 17.0 Å². The van der Waals surface area contributed by atoms with Gasteiger partial charge in [-0.2, -0.15) is 0 Å². The van der Waals surface area contributed by atoms with Gasteiger partial charge in [-0.25, -0.2) is 4.39 Å². The first kappa shape index (κ1) is 15.4. The van der Waals surface area contributed by atoms with Crippen LogP contribution in [0, 0.1) is 5.82 Å². The zero-order valence-electron chi connectivity index (χ0n) is 14.1. The monoisotopic (exact) mass is 335 g/mol. The number of carbonyl (C=O) groups is 1. The number of hydrogen-bond donors (Lipinski definition) is 0. The van der Waals surface area contributed by atoms with Crippen LogP contribution < -0.4 is 4.90 Å². The van der Waals surface area contributed by atoms with Crippen molar-refractivity contribution < 1.29 is 9.18 Å². The lowest BCUT2D eigenvalue weighted by Gasteiger charge is -2.41. The van der Waals surface area contributed by atoms with E-state index in [0.29, 0.717) is 5.56 Å². The molecule has 1 aliphatic rings. The molecule has 126 valence electrons. The van der Waals surface area contributed by atoms with Crippen LogP contribution in [0.5, 0.6) is 0 Å². The number of aromatic nitrogens is 1. The molecule has 1 amide bonds. The quantitative estimate of drug-likeness (QED) is 0.712. The number of nitrogens with zero attached hydrogens (tertiary/aromatic N) is 3. The van der Waals surface area contributed by atoms with Crippen LogP contribution in [0.3, 0.4) is 0 Å². The summed E-state index contributed by atoms with van der Waals surface area (Å²) in [5.74, 6) is -0.252. The minimum Gasteiger partial charge on any atom is -0.350 e. The molecule has 2 heterocycles. The topological polar surface area (TPSA) is 28.5 Å². The maximum absolute atomic E-state index is 13.1. The summed E-state index contributed by atoms with van der Waals surface area (Å²) in [6.45, 7) is 0. The Hall–Kier alpha value is -3.08. The molecule has 0 saturated carbocycles. The highest BCUT2D eigenvalue weighted by Crippen LogP contribution is 2.36. The molecular weight excluding hydrogens is 317 g/mol. The Kier molecular flexibility index (Phi) is 3.57. The number of fused-ring (bicyclic) bond motifs is 1. The number of carbonyl (C=O) groups excluding carboxylic acids is 1. The molecule has 4 rings (SSSR count). The average molecular weight is 335 g/mol. The number of hydrogen-bond acceptors (Lipinski definition) is 2. The minimum absolute atomic E-state index is 0.00762. The Morgan fingerprint density at radius 2 is 1.64 bits per heavy atom. The van der Waals surface area contributed by atoms with E-state index in [1.165, 1.54) is 12.1 Å². The largest absolute Gasteiger partial charge is 0.350 e. The molecule has 3 aromatic rings. The molecule has 1 aromatic heterocycles. The molecule has 0 spiro atoms. The van der Waals surface area contributed by atoms with Gasteiger partial charge in [0.15, 0.2) is 0 Å². The third-order valence-corrected chi connectivity index (χ3v) is 4.71. The second-order valence-electron chi connectivity index (χ2n) is 6.25. The van der Waals surface area contributed by atoms with Gasteiger partial charge in [-0.1, -0.05) is 12.1 Å². The van der Waals surface area contributed by atoms with E-state index in [4.69, 9.17) is 0 Å². The Bertz CT molecular complexity index is 932. The minimum atomic E-state index is -0.259. The van der Waals surface area contributed by atoms with Crippen molar-refractivity contribution in [3.05, 3.63) is 83.9 Å². The summed E-state index contributed by atoms with van der Waals surface area (Å²) in [6.07, 6.45) is 3.71. The molecule has 4 nitrogen and oxygen atoms in total. The van der Waals surface area contributed by atoms with E-state index in [2.05, 4.69) is 4.90 Å². The smallest absolute Gasteiger partial charge is 0.257 e. The summed E-state index contributed by atoms with van der Waals surface area (Å²) in [6, 6.07) is 16.0. The number of para-hydroxylation sites is 1. The summed E-state index contributed by atoms with van der Waals surface area (Å²) in [5.41, 5.74) is 3.50. The van der Waals surface area contributed by atoms with E-state index in [1.807, 2.05) is 61.4 Å². The fourth-order valence-electron chi connectivity index (χ4n) is 3.44. The third-order valence-electron chi connectivity index (χ3n) is 4.71. The molecule has 25 heavy (non-hydrogen) atoms. The van der Waals surface area contributed by atoms with E-state index < -0.39 is 0 Å². The van der Waals surface area contributed by atoms with Crippen LogP contribution in [-0.4, -0.2) is 29.5 Å². The first-order chi connectivity index (χ1) is 12.1. The van der Waals surface area contributed by atoms with Gasteiger partial charge in [0.05, 0.1) is 11.3 Å². The lowest BCUT2D eigenvalue weighted by Crippen LogP contribution is -2.45. The van der Waals surface area contributed by atoms with Crippen molar-refractivity contribution in [2.24, 2.45) is 0 Å². The van der Waals surface area contributed by atoms with Crippen LogP contribution in [-0.2, 0) is 0 Å². The van der Waals surface area contributed by atoms with Crippen LogP contribution in [0.2, 0.25) is 0 Å². The second-order valence-corrected chi connectivity index (χ2v) is 6.25. The Morgan fingerprint density at radius 3 is 2.40 bits per heavy atom. The van der Waals surface area contributed by atoms with Gasteiger partial charge in [0.1, 0.15) is 12.0 Å². The van der Waals surface area contributed by atoms with Crippen LogP contribution in [0.15, 0.2) is 67.0 Å². The summed E-state index contributed by atoms with van der Waals surface area (Å²) in [5, 5.41) is 0. The fraction of sp³-hybridized carbons (Fsp3) is 0.150. The van der Waals surface area contributed by atoms with Gasteiger partial charge in [0.25, 0.3) is 5.91 Å². The standard InChI is InChI=1S/C20H18FN3O/c1-22-18-6-4-3-5-17(18)20(25)23(2)19(22)14-11-12-24(13-14)16-9-7-15(21)8-10-16/h3-13,19H,1-2H3/t19-/m1/s1. The van der Waals surface area contributed by atoms with E-state index >= 15 is 0 Å². The number of benzene rings is 2. The van der Waals surface area contributed by atoms with Crippen molar-refractivity contribution in [1.82, 2.24) is 9.47 Å². The van der Waals surface area contributed by atoms with E-state index in [9.17, 15) is 9.18 Å². The zero-order valence-corrected chi connectivity index (χ0v) is 14.1. The van der Waals surface area contributed by atoms with Gasteiger partial charge in [0, 0.05) is 37.7 Å². The van der Waals surface area contributed by atoms with Crippen molar-refractivity contribution in [2.75, 3.05) is 19.0 Å². The highest BCUT2D eigenvalue weighted by atomic mass is 19.1. The fourth-order valence-corrected chi connectivity index (χ4v) is 3.44. The number of amides is 1. The normalized spacial score (nSPS) is 16.9. The molecule has 1 aliphatic heterocycles. The molecule has 0 radical (unpaired) electrons. The summed E-state index contributed by atoms with van der Waals surface area (Å²) in [7, 11) is 3.80. The van der Waals surface area contributed by atoms with Crippen LogP contribution in [0.25, 0.3) is 5.69 Å². The predicted molar refractivity (Wildman–Crippen MR) is 95.4 cm³/mol. The number of anilines is 1. The zero-order chi connectivity index (χ0) is 17.6. The average Bonchev–Trinajstić information content (AvgIpc) is 3.10. The Morgan fingerprint density at radius 1 is 0.920 bits per heavy atom. The van der Waals surface area contributed by atoms with Crippen molar-refractivity contribution in [2.45, 2.75) is 6.17 Å². The van der Waals surface area contributed by atoms with Gasteiger partial charge in [-0.15, -0.1) is 0 Å². The highest BCUT2D eigenvalue weighted by Gasteiger charge is 2.34. The van der Waals surface area contributed by atoms with Crippen molar-refractivity contribution in [3.8, 4) is 5.69 Å². The molecule has 1 atom stereocenters. The van der Waals surface area contributed by atoms with Crippen LogP contribution in [0.4, 0.5) is 10.1 Å². The molecular formula is C20H18FN3O. The first-order valence-corrected chi connectivity index (χ1v) is 8.09. The molecule has 0 saturated heterocycles. The van der Waals surface area contributed by atoms with Gasteiger partial charge < -0.3 is 14.4 Å². The van der Waals surface area contributed by atoms with Gasteiger partial charge in [-0.3, -0.25) is 4.79 Å². The lowest BCUT2D eigenvalue weighted by atomic mass is 10.0. The molecule has 0 aliphatic carbocycles. The van der Waals surface area contributed by atoms with Crippen LogP contribution in [0.1, 0.15) is 22.1 Å². The van der Waals surface area contributed by atoms with Gasteiger partial charge in [0.2, 0.25) is 0 Å². The lowest BCUT2D eigenvalue weighted by molar-refractivity contribution is 0.0711. The molecule has 0 fully saturated rings. The number of halogens is 1. The molecule has 0 unspecified atom stereocenters. The van der Waals surface area contributed by atoms with Crippen molar-refractivity contribution >= 4 is 11.6 Å². The van der Waals surface area contributed by atoms with E-state index in [0.717, 1.165) is 16.9 Å². The summed E-state index contributed by atoms with van der Waals surface area (Å²) in [4.78, 5) is 16.6. The first-order valence-electron chi connectivity index (χ1n) is 8.09. The highest BCUT2D eigenvalue weighted by molar-refractivity contribution is 6.01. The molecule has 0 N–H and O–H groups in total. The van der Waals surface area contributed by atoms with Gasteiger partial charge in [-0.05, 0) is 42.5 Å². The van der Waals surface area contributed by atoms with Crippen LogP contribution >= 0.6 is 0 Å². The maximum atomic E-state index is 13.1.